The number of urea groups is 1. The average Bonchev–Trinajstić information content (AvgIpc) is 2.90. The minimum absolute atomic E-state index is 0.0518. The summed E-state index contributed by atoms with van der Waals surface area (Å²) in [6, 6.07) is 9.93. The number of aryl methyl sites for hydroxylation is 2. The fourth-order valence-electron chi connectivity index (χ4n) is 3.12. The van der Waals surface area contributed by atoms with E-state index in [9.17, 15) is 9.59 Å². The van der Waals surface area contributed by atoms with Crippen molar-refractivity contribution in [3.63, 3.8) is 0 Å². The second-order valence-electron chi connectivity index (χ2n) is 7.22. The van der Waals surface area contributed by atoms with Crippen molar-refractivity contribution in [2.45, 2.75) is 39.2 Å². The molecule has 3 rings (SSSR count). The minimum atomic E-state index is -0.477. The normalized spacial score (nSPS) is 13.0. The zero-order chi connectivity index (χ0) is 17.3. The molecule has 0 saturated carbocycles. The van der Waals surface area contributed by atoms with E-state index in [2.05, 4.69) is 40.2 Å². The van der Waals surface area contributed by atoms with Crippen molar-refractivity contribution < 1.29 is 9.59 Å². The summed E-state index contributed by atoms with van der Waals surface area (Å²) in [6.07, 6.45) is 2.15. The summed E-state index contributed by atoms with van der Waals surface area (Å²) in [7, 11) is 0. The largest absolute Gasteiger partial charge is 0.376 e. The smallest absolute Gasteiger partial charge is 0.321 e. The quantitative estimate of drug-likeness (QED) is 0.812. The van der Waals surface area contributed by atoms with Crippen LogP contribution >= 0.6 is 0 Å². The molecule has 0 heterocycles. The van der Waals surface area contributed by atoms with E-state index in [1.165, 1.54) is 16.5 Å². The van der Waals surface area contributed by atoms with Gasteiger partial charge >= 0.3 is 6.03 Å². The SMILES string of the molecule is CC(C)(C)NC(=O)NC(=O)CNc1ccc2c3c(cccc13)CC2. The maximum absolute atomic E-state index is 12.0. The number of hydrogen-bond acceptors (Lipinski definition) is 3. The Bertz CT molecular complexity index is 796. The first-order chi connectivity index (χ1) is 11.3. The monoisotopic (exact) mass is 325 g/mol. The van der Waals surface area contributed by atoms with Gasteiger partial charge in [0.2, 0.25) is 5.91 Å². The van der Waals surface area contributed by atoms with Crippen molar-refractivity contribution in [1.29, 1.82) is 0 Å². The molecule has 5 nitrogen and oxygen atoms in total. The topological polar surface area (TPSA) is 70.2 Å². The van der Waals surface area contributed by atoms with Gasteiger partial charge in [0.1, 0.15) is 0 Å². The Morgan fingerprint density at radius 3 is 2.46 bits per heavy atom. The van der Waals surface area contributed by atoms with Crippen LogP contribution in [0.1, 0.15) is 31.9 Å². The van der Waals surface area contributed by atoms with Crippen LogP contribution in [0.4, 0.5) is 10.5 Å². The van der Waals surface area contributed by atoms with Crippen molar-refractivity contribution in [2.75, 3.05) is 11.9 Å². The first kappa shape index (κ1) is 16.3. The fraction of sp³-hybridized carbons (Fsp3) is 0.368. The molecule has 0 saturated heterocycles. The van der Waals surface area contributed by atoms with Gasteiger partial charge in [-0.15, -0.1) is 0 Å². The molecule has 3 N–H and O–H groups in total. The highest BCUT2D eigenvalue weighted by molar-refractivity contribution is 6.01. The third kappa shape index (κ3) is 3.50. The standard InChI is InChI=1S/C19H23N3O2/c1-19(2,3)22-18(24)21-16(23)11-20-15-10-9-13-8-7-12-5-4-6-14(15)17(12)13/h4-6,9-10,20H,7-8,11H2,1-3H3,(H2,21,22,23,24). The van der Waals surface area contributed by atoms with E-state index >= 15 is 0 Å². The van der Waals surface area contributed by atoms with Crippen LogP contribution < -0.4 is 16.0 Å². The van der Waals surface area contributed by atoms with Gasteiger partial charge < -0.3 is 10.6 Å². The van der Waals surface area contributed by atoms with Gasteiger partial charge in [-0.1, -0.05) is 24.3 Å². The minimum Gasteiger partial charge on any atom is -0.376 e. The Hall–Kier alpha value is -2.56. The van der Waals surface area contributed by atoms with Crippen molar-refractivity contribution in [3.8, 4) is 0 Å². The molecule has 0 atom stereocenters. The third-order valence-electron chi connectivity index (χ3n) is 4.06. The molecule has 3 amide bonds. The first-order valence-electron chi connectivity index (χ1n) is 8.23. The molecular formula is C19H23N3O2. The average molecular weight is 325 g/mol. The highest BCUT2D eigenvalue weighted by Gasteiger charge is 2.17. The molecule has 0 unspecified atom stereocenters. The lowest BCUT2D eigenvalue weighted by atomic mass is 10.0. The molecule has 126 valence electrons. The summed E-state index contributed by atoms with van der Waals surface area (Å²) in [6.45, 7) is 5.64. The summed E-state index contributed by atoms with van der Waals surface area (Å²) in [5, 5.41) is 10.6. The number of carbonyl (C=O) groups excluding carboxylic acids is 2. The number of hydrogen-bond donors (Lipinski definition) is 3. The molecule has 2 aromatic carbocycles. The molecule has 0 radical (unpaired) electrons. The van der Waals surface area contributed by atoms with Gasteiger partial charge in [0.15, 0.2) is 0 Å². The van der Waals surface area contributed by atoms with E-state index in [4.69, 9.17) is 0 Å². The predicted molar refractivity (Wildman–Crippen MR) is 96.3 cm³/mol. The first-order valence-corrected chi connectivity index (χ1v) is 8.23. The fourth-order valence-corrected chi connectivity index (χ4v) is 3.12. The summed E-state index contributed by atoms with van der Waals surface area (Å²) in [5.74, 6) is -0.361. The van der Waals surface area contributed by atoms with E-state index in [1.54, 1.807) is 0 Å². The molecule has 0 bridgehead atoms. The number of imide groups is 1. The Kier molecular flexibility index (Phi) is 4.18. The van der Waals surface area contributed by atoms with Crippen LogP contribution in [0.3, 0.4) is 0 Å². The summed E-state index contributed by atoms with van der Waals surface area (Å²) < 4.78 is 0. The lowest BCUT2D eigenvalue weighted by molar-refractivity contribution is -0.118. The Balaban J connectivity index is 1.67. The number of benzene rings is 2. The van der Waals surface area contributed by atoms with Crippen LogP contribution in [0, 0.1) is 0 Å². The number of nitrogens with one attached hydrogen (secondary N) is 3. The zero-order valence-electron chi connectivity index (χ0n) is 14.3. The van der Waals surface area contributed by atoms with Crippen LogP contribution in [0.2, 0.25) is 0 Å². The van der Waals surface area contributed by atoms with E-state index in [0.29, 0.717) is 0 Å². The number of anilines is 1. The number of amides is 3. The third-order valence-corrected chi connectivity index (χ3v) is 4.06. The van der Waals surface area contributed by atoms with Gasteiger partial charge in [-0.05, 0) is 56.2 Å². The number of carbonyl (C=O) groups is 2. The molecule has 0 spiro atoms. The maximum Gasteiger partial charge on any atom is 0.321 e. The number of rotatable bonds is 3. The molecule has 5 heteroatoms. The van der Waals surface area contributed by atoms with Gasteiger partial charge in [0.05, 0.1) is 6.54 Å². The van der Waals surface area contributed by atoms with Gasteiger partial charge in [-0.2, -0.15) is 0 Å². The molecule has 0 aliphatic heterocycles. The predicted octanol–water partition coefficient (Wildman–Crippen LogP) is 2.97. The molecule has 2 aromatic rings. The lowest BCUT2D eigenvalue weighted by Crippen LogP contribution is -2.49. The van der Waals surface area contributed by atoms with Gasteiger partial charge in [0, 0.05) is 16.6 Å². The van der Waals surface area contributed by atoms with Crippen molar-refractivity contribution in [2.24, 2.45) is 0 Å². The summed E-state index contributed by atoms with van der Waals surface area (Å²) in [4.78, 5) is 23.7. The van der Waals surface area contributed by atoms with Crippen molar-refractivity contribution >= 4 is 28.4 Å². The van der Waals surface area contributed by atoms with Crippen molar-refractivity contribution in [3.05, 3.63) is 41.5 Å². The molecule has 1 aliphatic carbocycles. The van der Waals surface area contributed by atoms with Gasteiger partial charge in [-0.25, -0.2) is 4.79 Å². The highest BCUT2D eigenvalue weighted by atomic mass is 16.2. The van der Waals surface area contributed by atoms with E-state index < -0.39 is 6.03 Å². The summed E-state index contributed by atoms with van der Waals surface area (Å²) >= 11 is 0. The van der Waals surface area contributed by atoms with Crippen LogP contribution in [0.15, 0.2) is 30.3 Å². The van der Waals surface area contributed by atoms with Crippen LogP contribution in [-0.2, 0) is 17.6 Å². The van der Waals surface area contributed by atoms with Crippen LogP contribution in [0.25, 0.3) is 10.8 Å². The Labute approximate surface area is 141 Å². The van der Waals surface area contributed by atoms with Crippen LogP contribution in [-0.4, -0.2) is 24.0 Å². The molecule has 1 aliphatic rings. The van der Waals surface area contributed by atoms with E-state index in [-0.39, 0.29) is 18.0 Å². The molecule has 24 heavy (non-hydrogen) atoms. The molecule has 0 fully saturated rings. The molecule has 0 aromatic heterocycles. The second kappa shape index (κ2) is 6.15. The highest BCUT2D eigenvalue weighted by Crippen LogP contribution is 2.34. The van der Waals surface area contributed by atoms with Gasteiger partial charge in [0.25, 0.3) is 0 Å². The van der Waals surface area contributed by atoms with Crippen LogP contribution in [0.5, 0.6) is 0 Å². The van der Waals surface area contributed by atoms with Crippen molar-refractivity contribution in [1.82, 2.24) is 10.6 Å². The Morgan fingerprint density at radius 2 is 1.75 bits per heavy atom. The zero-order valence-corrected chi connectivity index (χ0v) is 14.3. The maximum atomic E-state index is 12.0. The molecular weight excluding hydrogens is 302 g/mol. The van der Waals surface area contributed by atoms with E-state index in [1.807, 2.05) is 26.8 Å². The van der Waals surface area contributed by atoms with Gasteiger partial charge in [-0.3, -0.25) is 10.1 Å². The van der Waals surface area contributed by atoms with E-state index in [0.717, 1.165) is 23.9 Å². The summed E-state index contributed by atoms with van der Waals surface area (Å²) in [5.41, 5.74) is 3.26. The Morgan fingerprint density at radius 1 is 1.04 bits per heavy atom. The lowest BCUT2D eigenvalue weighted by Gasteiger charge is -2.20. The second-order valence-corrected chi connectivity index (χ2v) is 7.22.